The van der Waals surface area contributed by atoms with Gasteiger partial charge in [-0.2, -0.15) is 0 Å². The summed E-state index contributed by atoms with van der Waals surface area (Å²) in [7, 11) is 0. The van der Waals surface area contributed by atoms with Crippen molar-refractivity contribution in [1.82, 2.24) is 14.9 Å². The van der Waals surface area contributed by atoms with Crippen LogP contribution in [0, 0.1) is 19.8 Å². The van der Waals surface area contributed by atoms with E-state index in [0.29, 0.717) is 0 Å². The number of nitrogens with one attached hydrogen (secondary N) is 1. The Bertz CT molecular complexity index is 594. The fraction of sp³-hybridized carbons (Fsp3) is 0.611. The highest BCUT2D eigenvalue weighted by atomic mass is 15.1. The topological polar surface area (TPSA) is 29.9 Å². The molecular formula is C18H27N3. The standard InChI is InChI=1S/C18H27N3/c1-14-10-17-18(11-15(14)2)21(13-20-17)9-8-19-12-16-6-4-3-5-7-16/h10-11,13,16,19H,3-9,12H2,1-2H3. The van der Waals surface area contributed by atoms with E-state index in [-0.39, 0.29) is 0 Å². The lowest BCUT2D eigenvalue weighted by molar-refractivity contribution is 0.341. The Morgan fingerprint density at radius 2 is 1.90 bits per heavy atom. The predicted octanol–water partition coefficient (Wildman–Crippen LogP) is 3.82. The third kappa shape index (κ3) is 3.46. The van der Waals surface area contributed by atoms with Crippen molar-refractivity contribution < 1.29 is 0 Å². The van der Waals surface area contributed by atoms with Crippen LogP contribution in [0.3, 0.4) is 0 Å². The zero-order chi connectivity index (χ0) is 14.7. The summed E-state index contributed by atoms with van der Waals surface area (Å²) < 4.78 is 2.27. The highest BCUT2D eigenvalue weighted by Crippen LogP contribution is 2.22. The molecule has 1 aromatic heterocycles. The molecule has 0 amide bonds. The van der Waals surface area contributed by atoms with Crippen LogP contribution in [0.4, 0.5) is 0 Å². The molecule has 114 valence electrons. The average molecular weight is 285 g/mol. The summed E-state index contributed by atoms with van der Waals surface area (Å²) in [6.07, 6.45) is 9.11. The molecule has 1 N–H and O–H groups in total. The molecule has 21 heavy (non-hydrogen) atoms. The van der Waals surface area contributed by atoms with Crippen molar-refractivity contribution in [3.63, 3.8) is 0 Å². The molecule has 1 saturated carbocycles. The van der Waals surface area contributed by atoms with Crippen molar-refractivity contribution in [3.8, 4) is 0 Å². The smallest absolute Gasteiger partial charge is 0.0958 e. The maximum absolute atomic E-state index is 4.52. The number of aromatic nitrogens is 2. The van der Waals surface area contributed by atoms with Crippen LogP contribution in [0.5, 0.6) is 0 Å². The van der Waals surface area contributed by atoms with Gasteiger partial charge < -0.3 is 9.88 Å². The number of rotatable bonds is 5. The van der Waals surface area contributed by atoms with E-state index in [1.807, 2.05) is 6.33 Å². The molecule has 0 unspecified atom stereocenters. The van der Waals surface area contributed by atoms with E-state index in [9.17, 15) is 0 Å². The summed E-state index contributed by atoms with van der Waals surface area (Å²) in [5, 5.41) is 3.64. The van der Waals surface area contributed by atoms with Crippen LogP contribution in [-0.2, 0) is 6.54 Å². The molecule has 0 radical (unpaired) electrons. The van der Waals surface area contributed by atoms with Gasteiger partial charge in [0.1, 0.15) is 0 Å². The molecule has 0 bridgehead atoms. The Hall–Kier alpha value is -1.35. The lowest BCUT2D eigenvalue weighted by Gasteiger charge is -2.21. The molecule has 0 aliphatic heterocycles. The Morgan fingerprint density at radius 1 is 1.14 bits per heavy atom. The van der Waals surface area contributed by atoms with E-state index in [1.165, 1.54) is 55.3 Å². The summed E-state index contributed by atoms with van der Waals surface area (Å²) >= 11 is 0. The van der Waals surface area contributed by atoms with Gasteiger partial charge in [0.2, 0.25) is 0 Å². The molecule has 1 aromatic carbocycles. The molecule has 1 heterocycles. The van der Waals surface area contributed by atoms with Crippen molar-refractivity contribution in [3.05, 3.63) is 29.6 Å². The van der Waals surface area contributed by atoms with Gasteiger partial charge >= 0.3 is 0 Å². The Balaban J connectivity index is 1.54. The maximum atomic E-state index is 4.52. The van der Waals surface area contributed by atoms with Crippen LogP contribution in [0.1, 0.15) is 43.2 Å². The molecule has 3 rings (SSSR count). The fourth-order valence-corrected chi connectivity index (χ4v) is 3.39. The van der Waals surface area contributed by atoms with E-state index in [1.54, 1.807) is 0 Å². The van der Waals surface area contributed by atoms with Crippen molar-refractivity contribution in [2.45, 2.75) is 52.5 Å². The summed E-state index contributed by atoms with van der Waals surface area (Å²) in [4.78, 5) is 4.52. The van der Waals surface area contributed by atoms with Crippen molar-refractivity contribution in [1.29, 1.82) is 0 Å². The van der Waals surface area contributed by atoms with Crippen LogP contribution in [0.25, 0.3) is 11.0 Å². The third-order valence-corrected chi connectivity index (χ3v) is 4.92. The van der Waals surface area contributed by atoms with Crippen LogP contribution >= 0.6 is 0 Å². The number of fused-ring (bicyclic) bond motifs is 1. The average Bonchev–Trinajstić information content (AvgIpc) is 2.87. The van der Waals surface area contributed by atoms with Gasteiger partial charge in [0.25, 0.3) is 0 Å². The minimum atomic E-state index is 0.906. The van der Waals surface area contributed by atoms with Gasteiger partial charge in [-0.3, -0.25) is 0 Å². The third-order valence-electron chi connectivity index (χ3n) is 4.92. The Morgan fingerprint density at radius 3 is 2.71 bits per heavy atom. The monoisotopic (exact) mass is 285 g/mol. The molecule has 2 aromatic rings. The number of imidazole rings is 1. The normalized spacial score (nSPS) is 16.7. The van der Waals surface area contributed by atoms with Crippen LogP contribution in [0.15, 0.2) is 18.5 Å². The number of hydrogen-bond donors (Lipinski definition) is 1. The lowest BCUT2D eigenvalue weighted by atomic mass is 9.89. The summed E-state index contributed by atoms with van der Waals surface area (Å²) in [5.74, 6) is 0.906. The van der Waals surface area contributed by atoms with E-state index in [2.05, 4.69) is 40.8 Å². The van der Waals surface area contributed by atoms with Gasteiger partial charge in [-0.15, -0.1) is 0 Å². The summed E-state index contributed by atoms with van der Waals surface area (Å²) in [6, 6.07) is 4.45. The minimum absolute atomic E-state index is 0.906. The molecule has 1 aliphatic rings. The molecule has 0 atom stereocenters. The Labute approximate surface area is 127 Å². The van der Waals surface area contributed by atoms with Crippen molar-refractivity contribution in [2.75, 3.05) is 13.1 Å². The zero-order valence-corrected chi connectivity index (χ0v) is 13.4. The second-order valence-electron chi connectivity index (χ2n) is 6.57. The fourth-order valence-electron chi connectivity index (χ4n) is 3.39. The van der Waals surface area contributed by atoms with E-state index >= 15 is 0 Å². The van der Waals surface area contributed by atoms with Gasteiger partial charge in [0.05, 0.1) is 17.4 Å². The number of aryl methyl sites for hydroxylation is 2. The van der Waals surface area contributed by atoms with Crippen molar-refractivity contribution >= 4 is 11.0 Å². The predicted molar refractivity (Wildman–Crippen MR) is 88.7 cm³/mol. The summed E-state index contributed by atoms with van der Waals surface area (Å²) in [6.45, 7) is 7.55. The second kappa shape index (κ2) is 6.61. The Kier molecular flexibility index (Phi) is 4.59. The van der Waals surface area contributed by atoms with Gasteiger partial charge in [0, 0.05) is 13.1 Å². The van der Waals surface area contributed by atoms with Crippen molar-refractivity contribution in [2.24, 2.45) is 5.92 Å². The van der Waals surface area contributed by atoms with Gasteiger partial charge in [-0.1, -0.05) is 19.3 Å². The quantitative estimate of drug-likeness (QED) is 0.846. The van der Waals surface area contributed by atoms with E-state index < -0.39 is 0 Å². The van der Waals surface area contributed by atoms with Gasteiger partial charge in [0.15, 0.2) is 0 Å². The highest BCUT2D eigenvalue weighted by Gasteiger charge is 2.12. The summed E-state index contributed by atoms with van der Waals surface area (Å²) in [5.41, 5.74) is 5.05. The lowest BCUT2D eigenvalue weighted by Crippen LogP contribution is -2.27. The van der Waals surface area contributed by atoms with Crippen LogP contribution in [-0.4, -0.2) is 22.6 Å². The SMILES string of the molecule is Cc1cc2ncn(CCNCC3CCCCC3)c2cc1C. The van der Waals surface area contributed by atoms with Gasteiger partial charge in [-0.25, -0.2) is 4.98 Å². The molecule has 3 heteroatoms. The molecule has 1 fully saturated rings. The van der Waals surface area contributed by atoms with Gasteiger partial charge in [-0.05, 0) is 62.4 Å². The largest absolute Gasteiger partial charge is 0.329 e. The minimum Gasteiger partial charge on any atom is -0.329 e. The molecule has 3 nitrogen and oxygen atoms in total. The second-order valence-corrected chi connectivity index (χ2v) is 6.57. The zero-order valence-electron chi connectivity index (χ0n) is 13.4. The first kappa shape index (κ1) is 14.6. The number of hydrogen-bond acceptors (Lipinski definition) is 2. The maximum Gasteiger partial charge on any atom is 0.0958 e. The first-order valence-electron chi connectivity index (χ1n) is 8.37. The van der Waals surface area contributed by atoms with Crippen LogP contribution in [0.2, 0.25) is 0 Å². The molecule has 0 spiro atoms. The molecular weight excluding hydrogens is 258 g/mol. The van der Waals surface area contributed by atoms with Crippen LogP contribution < -0.4 is 5.32 Å². The molecule has 1 aliphatic carbocycles. The van der Waals surface area contributed by atoms with E-state index in [4.69, 9.17) is 0 Å². The van der Waals surface area contributed by atoms with E-state index in [0.717, 1.165) is 24.5 Å². The molecule has 0 saturated heterocycles. The number of benzene rings is 1. The highest BCUT2D eigenvalue weighted by molar-refractivity contribution is 5.77. The first-order valence-corrected chi connectivity index (χ1v) is 8.37. The first-order chi connectivity index (χ1) is 10.2. The number of nitrogens with zero attached hydrogens (tertiary/aromatic N) is 2.